The predicted molar refractivity (Wildman–Crippen MR) is 48.4 cm³/mol. The lowest BCUT2D eigenvalue weighted by Gasteiger charge is -1.99. The molecule has 0 amide bonds. The molecule has 3 heteroatoms. The van der Waals surface area contributed by atoms with E-state index in [4.69, 9.17) is 4.42 Å². The number of aromatic nitrogens is 2. The van der Waals surface area contributed by atoms with Crippen molar-refractivity contribution in [3.05, 3.63) is 36.7 Å². The molecule has 0 saturated heterocycles. The first-order valence-electron chi connectivity index (χ1n) is 4.03. The van der Waals surface area contributed by atoms with Crippen LogP contribution in [0.2, 0.25) is 0 Å². The van der Waals surface area contributed by atoms with Crippen molar-refractivity contribution in [3.8, 4) is 11.3 Å². The Kier molecular flexibility index (Phi) is 1.16. The van der Waals surface area contributed by atoms with Crippen molar-refractivity contribution in [3.63, 3.8) is 0 Å². The normalized spacial score (nSPS) is 11.1. The van der Waals surface area contributed by atoms with E-state index in [1.54, 1.807) is 12.5 Å². The molecule has 0 spiro atoms. The molecule has 13 heavy (non-hydrogen) atoms. The van der Waals surface area contributed by atoms with E-state index in [-0.39, 0.29) is 0 Å². The fraction of sp³-hybridized carbons (Fsp3) is 0. The molecule has 62 valence electrons. The van der Waals surface area contributed by atoms with E-state index in [1.807, 2.05) is 24.3 Å². The minimum atomic E-state index is 0.843. The third kappa shape index (κ3) is 0.839. The number of fused-ring (bicyclic) bond motifs is 3. The molecule has 2 aliphatic rings. The molecule has 0 radical (unpaired) electrons. The van der Waals surface area contributed by atoms with Gasteiger partial charge in [-0.2, -0.15) is 5.10 Å². The van der Waals surface area contributed by atoms with Gasteiger partial charge in [-0.05, 0) is 12.1 Å². The molecule has 0 aliphatic carbocycles. The maximum absolute atomic E-state index is 5.40. The lowest BCUT2D eigenvalue weighted by atomic mass is 10.1. The first-order chi connectivity index (χ1) is 6.45. The van der Waals surface area contributed by atoms with E-state index in [0.29, 0.717) is 0 Å². The van der Waals surface area contributed by atoms with Crippen molar-refractivity contribution in [2.75, 3.05) is 0 Å². The second-order valence-corrected chi connectivity index (χ2v) is 2.88. The Hall–Kier alpha value is -1.90. The summed E-state index contributed by atoms with van der Waals surface area (Å²) >= 11 is 0. The second-order valence-electron chi connectivity index (χ2n) is 2.88. The third-order valence-electron chi connectivity index (χ3n) is 2.08. The number of benzene rings is 1. The average molecular weight is 170 g/mol. The van der Waals surface area contributed by atoms with Crippen LogP contribution in [0.3, 0.4) is 0 Å². The topological polar surface area (TPSA) is 38.9 Å². The Balaban J connectivity index is 2.57. The van der Waals surface area contributed by atoms with E-state index in [0.717, 1.165) is 22.2 Å². The molecular weight excluding hydrogens is 164 g/mol. The zero-order valence-corrected chi connectivity index (χ0v) is 6.77. The van der Waals surface area contributed by atoms with Crippen LogP contribution in [0.4, 0.5) is 0 Å². The highest BCUT2D eigenvalue weighted by molar-refractivity contribution is 5.91. The van der Waals surface area contributed by atoms with Gasteiger partial charge in [0.05, 0.1) is 11.8 Å². The van der Waals surface area contributed by atoms with E-state index < -0.39 is 0 Å². The highest BCUT2D eigenvalue weighted by Crippen LogP contribution is 2.27. The van der Waals surface area contributed by atoms with Crippen molar-refractivity contribution in [2.24, 2.45) is 0 Å². The van der Waals surface area contributed by atoms with Crippen LogP contribution in [0.5, 0.6) is 0 Å². The Bertz CT molecular complexity index is 529. The van der Waals surface area contributed by atoms with Crippen LogP contribution in [0.25, 0.3) is 22.2 Å². The van der Waals surface area contributed by atoms with Crippen LogP contribution < -0.4 is 0 Å². The van der Waals surface area contributed by atoms with Gasteiger partial charge in [0.2, 0.25) is 0 Å². The Labute approximate surface area is 74.4 Å². The predicted octanol–water partition coefficient (Wildman–Crippen LogP) is 2.33. The third-order valence-corrected chi connectivity index (χ3v) is 2.08. The highest BCUT2D eigenvalue weighted by Gasteiger charge is 2.10. The van der Waals surface area contributed by atoms with Crippen molar-refractivity contribution in [1.29, 1.82) is 0 Å². The quantitative estimate of drug-likeness (QED) is 0.519. The summed E-state index contributed by atoms with van der Waals surface area (Å²) in [4.78, 5) is 0. The van der Waals surface area contributed by atoms with Gasteiger partial charge in [0.15, 0.2) is 0 Å². The minimum absolute atomic E-state index is 0.843. The first-order valence-corrected chi connectivity index (χ1v) is 4.03. The van der Waals surface area contributed by atoms with Gasteiger partial charge in [-0.1, -0.05) is 12.1 Å². The summed E-state index contributed by atoms with van der Waals surface area (Å²) in [6.07, 6.45) is 3.38. The van der Waals surface area contributed by atoms with Crippen LogP contribution in [-0.2, 0) is 0 Å². The molecule has 0 N–H and O–H groups in total. The average Bonchev–Trinajstić information content (AvgIpc) is 2.65. The summed E-state index contributed by atoms with van der Waals surface area (Å²) in [7, 11) is 0. The lowest BCUT2D eigenvalue weighted by molar-refractivity contribution is 0.605. The van der Waals surface area contributed by atoms with E-state index in [1.165, 1.54) is 0 Å². The number of nitrogens with zero attached hydrogens (tertiary/aromatic N) is 2. The molecule has 1 aromatic carbocycles. The molecule has 3 nitrogen and oxygen atoms in total. The molecule has 1 aromatic rings. The van der Waals surface area contributed by atoms with Gasteiger partial charge in [0, 0.05) is 5.39 Å². The van der Waals surface area contributed by atoms with E-state index in [2.05, 4.69) is 10.2 Å². The highest BCUT2D eigenvalue weighted by atomic mass is 16.3. The van der Waals surface area contributed by atoms with Crippen molar-refractivity contribution >= 4 is 11.0 Å². The van der Waals surface area contributed by atoms with Crippen LogP contribution in [0.1, 0.15) is 0 Å². The fourth-order valence-electron chi connectivity index (χ4n) is 1.46. The van der Waals surface area contributed by atoms with Crippen LogP contribution in [-0.4, -0.2) is 10.2 Å². The smallest absolute Gasteiger partial charge is 0.136 e. The standard InChI is InChI=1S/C10H6N2O/c1-2-4-9-8(3-1)10-7(6-13-9)5-11-12-10/h1-6H. The molecule has 3 rings (SSSR count). The van der Waals surface area contributed by atoms with Crippen molar-refractivity contribution < 1.29 is 4.42 Å². The summed E-state index contributed by atoms with van der Waals surface area (Å²) in [5.74, 6) is 0. The number of para-hydroxylation sites is 1. The van der Waals surface area contributed by atoms with Gasteiger partial charge in [-0.25, -0.2) is 0 Å². The molecule has 0 atom stereocenters. The second kappa shape index (κ2) is 2.29. The summed E-state index contributed by atoms with van der Waals surface area (Å²) in [5, 5.41) is 8.89. The molecule has 0 saturated carbocycles. The number of hydrogen-bond donors (Lipinski definition) is 0. The number of rotatable bonds is 0. The minimum Gasteiger partial charge on any atom is -0.464 e. The molecule has 2 aliphatic heterocycles. The van der Waals surface area contributed by atoms with Crippen LogP contribution in [0.15, 0.2) is 41.1 Å². The van der Waals surface area contributed by atoms with Crippen LogP contribution in [0, 0.1) is 0 Å². The summed E-state index contributed by atoms with van der Waals surface area (Å²) < 4.78 is 5.40. The molecule has 0 fully saturated rings. The maximum Gasteiger partial charge on any atom is 0.136 e. The van der Waals surface area contributed by atoms with E-state index in [9.17, 15) is 0 Å². The molecule has 2 heterocycles. The van der Waals surface area contributed by atoms with Gasteiger partial charge < -0.3 is 4.42 Å². The van der Waals surface area contributed by atoms with Gasteiger partial charge in [0.25, 0.3) is 0 Å². The Morgan fingerprint density at radius 2 is 2.08 bits per heavy atom. The Morgan fingerprint density at radius 3 is 3.08 bits per heavy atom. The zero-order chi connectivity index (χ0) is 8.67. The summed E-state index contributed by atoms with van der Waals surface area (Å²) in [6, 6.07) is 7.80. The van der Waals surface area contributed by atoms with Crippen molar-refractivity contribution in [2.45, 2.75) is 0 Å². The van der Waals surface area contributed by atoms with Gasteiger partial charge in [0.1, 0.15) is 17.5 Å². The molecule has 0 aromatic heterocycles. The lowest BCUT2D eigenvalue weighted by Crippen LogP contribution is -1.80. The fourth-order valence-corrected chi connectivity index (χ4v) is 1.46. The molecule has 0 bridgehead atoms. The first kappa shape index (κ1) is 6.60. The Morgan fingerprint density at radius 1 is 1.15 bits per heavy atom. The maximum atomic E-state index is 5.40. The van der Waals surface area contributed by atoms with Gasteiger partial charge in [-0.3, -0.25) is 0 Å². The van der Waals surface area contributed by atoms with E-state index >= 15 is 0 Å². The largest absolute Gasteiger partial charge is 0.464 e. The molecular formula is C10H6N2O. The zero-order valence-electron chi connectivity index (χ0n) is 6.77. The van der Waals surface area contributed by atoms with Gasteiger partial charge in [-0.15, -0.1) is 5.10 Å². The van der Waals surface area contributed by atoms with Crippen LogP contribution >= 0.6 is 0 Å². The summed E-state index contributed by atoms with van der Waals surface area (Å²) in [5.41, 5.74) is 2.69. The SMILES string of the molecule is c1ccc2c3nncc-3coc2c1. The molecule has 0 unspecified atom stereocenters. The summed E-state index contributed by atoms with van der Waals surface area (Å²) in [6.45, 7) is 0. The number of hydrogen-bond acceptors (Lipinski definition) is 3. The van der Waals surface area contributed by atoms with Gasteiger partial charge >= 0.3 is 0 Å². The van der Waals surface area contributed by atoms with Crippen molar-refractivity contribution in [1.82, 2.24) is 10.2 Å². The monoisotopic (exact) mass is 170 g/mol.